The molecular weight excluding hydrogens is 415 g/mol. The lowest BCUT2D eigenvalue weighted by Gasteiger charge is -2.24. The Morgan fingerprint density at radius 1 is 1.21 bits per heavy atom. The Labute approximate surface area is 163 Å². The van der Waals surface area contributed by atoms with Crippen LogP contribution in [0.5, 0.6) is 0 Å². The van der Waals surface area contributed by atoms with E-state index in [2.05, 4.69) is 58.5 Å². The third kappa shape index (κ3) is 7.70. The number of benzene rings is 1. The van der Waals surface area contributed by atoms with Crippen molar-refractivity contribution in [3.05, 3.63) is 30.3 Å². The van der Waals surface area contributed by atoms with Crippen molar-refractivity contribution in [3.63, 3.8) is 0 Å². The molecule has 1 saturated carbocycles. The van der Waals surface area contributed by atoms with E-state index in [1.165, 1.54) is 18.5 Å². The molecule has 2 rings (SSSR count). The van der Waals surface area contributed by atoms with E-state index in [1.54, 1.807) is 0 Å². The zero-order valence-corrected chi connectivity index (χ0v) is 17.4. The minimum Gasteiger partial charge on any atom is -0.379 e. The number of aliphatic imine (C=N–C) groups is 1. The fourth-order valence-corrected chi connectivity index (χ4v) is 2.37. The molecule has 1 aromatic rings. The molecule has 0 radical (unpaired) electrons. The van der Waals surface area contributed by atoms with Gasteiger partial charge in [-0.05, 0) is 30.9 Å². The molecule has 1 aliphatic rings. The number of nitrogens with zero attached hydrogens (tertiary/aromatic N) is 3. The molecule has 0 aromatic heterocycles. The minimum absolute atomic E-state index is 0. The van der Waals surface area contributed by atoms with Gasteiger partial charge in [-0.1, -0.05) is 18.2 Å². The average Bonchev–Trinajstić information content (AvgIpc) is 3.40. The van der Waals surface area contributed by atoms with Crippen molar-refractivity contribution in [2.75, 3.05) is 58.9 Å². The lowest BCUT2D eigenvalue weighted by atomic mass is 10.3. The summed E-state index contributed by atoms with van der Waals surface area (Å²) in [4.78, 5) is 8.70. The highest BCUT2D eigenvalue weighted by atomic mass is 127. The summed E-state index contributed by atoms with van der Waals surface area (Å²) < 4.78 is 5.69. The van der Waals surface area contributed by atoms with E-state index in [0.29, 0.717) is 0 Å². The van der Waals surface area contributed by atoms with Crippen LogP contribution < -0.4 is 10.2 Å². The first-order valence-corrected chi connectivity index (χ1v) is 8.46. The quantitative estimate of drug-likeness (QED) is 0.274. The summed E-state index contributed by atoms with van der Waals surface area (Å²) in [6, 6.07) is 10.4. The van der Waals surface area contributed by atoms with Crippen LogP contribution in [0, 0.1) is 5.92 Å². The molecule has 1 fully saturated rings. The molecule has 0 aliphatic heterocycles. The van der Waals surface area contributed by atoms with Crippen LogP contribution in [0.1, 0.15) is 12.8 Å². The maximum absolute atomic E-state index is 5.69. The Kier molecular flexibility index (Phi) is 10.1. The van der Waals surface area contributed by atoms with Crippen molar-refractivity contribution in [2.45, 2.75) is 12.8 Å². The van der Waals surface area contributed by atoms with Crippen molar-refractivity contribution in [1.29, 1.82) is 0 Å². The van der Waals surface area contributed by atoms with Crippen molar-refractivity contribution in [2.24, 2.45) is 10.9 Å². The van der Waals surface area contributed by atoms with Crippen LogP contribution in [0.2, 0.25) is 0 Å². The number of nitrogens with one attached hydrogen (secondary N) is 1. The molecular formula is C18H31IN4O. The predicted octanol–water partition coefficient (Wildman–Crippen LogP) is 2.67. The molecule has 0 amide bonds. The fraction of sp³-hybridized carbons (Fsp3) is 0.611. The highest BCUT2D eigenvalue weighted by Crippen LogP contribution is 2.28. The minimum atomic E-state index is 0. The van der Waals surface area contributed by atoms with E-state index < -0.39 is 0 Å². The summed E-state index contributed by atoms with van der Waals surface area (Å²) >= 11 is 0. The van der Waals surface area contributed by atoms with Crippen molar-refractivity contribution in [1.82, 2.24) is 10.2 Å². The zero-order chi connectivity index (χ0) is 16.5. The average molecular weight is 446 g/mol. The van der Waals surface area contributed by atoms with Crippen LogP contribution in [0.15, 0.2) is 35.3 Å². The second-order valence-corrected chi connectivity index (χ2v) is 6.17. The van der Waals surface area contributed by atoms with Gasteiger partial charge in [0.05, 0.1) is 6.61 Å². The fourth-order valence-electron chi connectivity index (χ4n) is 2.37. The first-order valence-electron chi connectivity index (χ1n) is 8.46. The third-order valence-electron chi connectivity index (χ3n) is 4.12. The third-order valence-corrected chi connectivity index (χ3v) is 4.12. The summed E-state index contributed by atoms with van der Waals surface area (Å²) in [5.41, 5.74) is 1.23. The molecule has 136 valence electrons. The number of guanidine groups is 1. The maximum Gasteiger partial charge on any atom is 0.193 e. The van der Waals surface area contributed by atoms with E-state index in [-0.39, 0.29) is 24.0 Å². The molecule has 1 N–H and O–H groups in total. The van der Waals surface area contributed by atoms with Crippen LogP contribution in [-0.4, -0.2) is 64.9 Å². The molecule has 0 unspecified atom stereocenters. The standard InChI is InChI=1S/C18H30N4O.HI/c1-19-18(22(3)13-14-23-15-16-9-10-16)20-11-12-21(2)17-7-5-4-6-8-17;/h4-8,16H,9-15H2,1-3H3,(H,19,20);1H. The number of anilines is 1. The van der Waals surface area contributed by atoms with Gasteiger partial charge in [0.15, 0.2) is 5.96 Å². The summed E-state index contributed by atoms with van der Waals surface area (Å²) in [6.45, 7) is 4.32. The van der Waals surface area contributed by atoms with E-state index in [4.69, 9.17) is 4.74 Å². The first kappa shape index (κ1) is 21.0. The summed E-state index contributed by atoms with van der Waals surface area (Å²) in [5, 5.41) is 3.41. The SMILES string of the molecule is CN=C(NCCN(C)c1ccccc1)N(C)CCOCC1CC1.I. The van der Waals surface area contributed by atoms with Crippen molar-refractivity contribution < 1.29 is 4.74 Å². The van der Waals surface area contributed by atoms with E-state index in [0.717, 1.165) is 44.7 Å². The summed E-state index contributed by atoms with van der Waals surface area (Å²) in [5.74, 6) is 1.74. The maximum atomic E-state index is 5.69. The van der Waals surface area contributed by atoms with Crippen LogP contribution >= 0.6 is 24.0 Å². The molecule has 0 spiro atoms. The largest absolute Gasteiger partial charge is 0.379 e. The summed E-state index contributed by atoms with van der Waals surface area (Å²) in [7, 11) is 5.98. The topological polar surface area (TPSA) is 40.1 Å². The molecule has 0 saturated heterocycles. The van der Waals surface area contributed by atoms with E-state index >= 15 is 0 Å². The van der Waals surface area contributed by atoms with Gasteiger partial charge in [0.2, 0.25) is 0 Å². The Morgan fingerprint density at radius 3 is 2.54 bits per heavy atom. The molecule has 5 nitrogen and oxygen atoms in total. The number of halogens is 1. The molecule has 0 bridgehead atoms. The second kappa shape index (κ2) is 11.5. The molecule has 1 aromatic carbocycles. The van der Waals surface area contributed by atoms with Gasteiger partial charge in [-0.15, -0.1) is 24.0 Å². The van der Waals surface area contributed by atoms with E-state index in [9.17, 15) is 0 Å². The van der Waals surface area contributed by atoms with Gasteiger partial charge in [0.1, 0.15) is 0 Å². The Balaban J connectivity index is 0.00000288. The van der Waals surface area contributed by atoms with Crippen LogP contribution in [0.3, 0.4) is 0 Å². The van der Waals surface area contributed by atoms with Gasteiger partial charge in [-0.2, -0.15) is 0 Å². The Morgan fingerprint density at radius 2 is 1.92 bits per heavy atom. The molecule has 0 heterocycles. The number of para-hydroxylation sites is 1. The van der Waals surface area contributed by atoms with Crippen molar-refractivity contribution >= 4 is 35.6 Å². The van der Waals surface area contributed by atoms with Crippen molar-refractivity contribution in [3.8, 4) is 0 Å². The van der Waals surface area contributed by atoms with Gasteiger partial charge >= 0.3 is 0 Å². The first-order chi connectivity index (χ1) is 11.2. The van der Waals surface area contributed by atoms with Gasteiger partial charge in [0.25, 0.3) is 0 Å². The van der Waals surface area contributed by atoms with Gasteiger partial charge in [0, 0.05) is 53.1 Å². The summed E-state index contributed by atoms with van der Waals surface area (Å²) in [6.07, 6.45) is 2.68. The van der Waals surface area contributed by atoms with Crippen LogP contribution in [-0.2, 0) is 4.74 Å². The molecule has 24 heavy (non-hydrogen) atoms. The molecule has 6 heteroatoms. The number of likely N-dealkylation sites (N-methyl/N-ethyl adjacent to an activating group) is 2. The van der Waals surface area contributed by atoms with Gasteiger partial charge in [-0.25, -0.2) is 0 Å². The second-order valence-electron chi connectivity index (χ2n) is 6.17. The predicted molar refractivity (Wildman–Crippen MR) is 113 cm³/mol. The number of hydrogen-bond donors (Lipinski definition) is 1. The normalized spacial score (nSPS) is 14.0. The zero-order valence-electron chi connectivity index (χ0n) is 15.1. The number of rotatable bonds is 9. The highest BCUT2D eigenvalue weighted by molar-refractivity contribution is 14.0. The monoisotopic (exact) mass is 446 g/mol. The lowest BCUT2D eigenvalue weighted by molar-refractivity contribution is 0.115. The Bertz CT molecular complexity index is 479. The molecule has 1 aliphatic carbocycles. The van der Waals surface area contributed by atoms with Gasteiger partial charge in [-0.3, -0.25) is 4.99 Å². The van der Waals surface area contributed by atoms with Gasteiger partial charge < -0.3 is 19.9 Å². The Hall–Kier alpha value is -1.02. The van der Waals surface area contributed by atoms with E-state index in [1.807, 2.05) is 13.1 Å². The van der Waals surface area contributed by atoms with Crippen LogP contribution in [0.4, 0.5) is 5.69 Å². The smallest absolute Gasteiger partial charge is 0.193 e. The number of hydrogen-bond acceptors (Lipinski definition) is 3. The van der Waals surface area contributed by atoms with Crippen LogP contribution in [0.25, 0.3) is 0 Å². The number of ether oxygens (including phenoxy) is 1. The molecule has 0 atom stereocenters. The highest BCUT2D eigenvalue weighted by Gasteiger charge is 2.21. The lowest BCUT2D eigenvalue weighted by Crippen LogP contribution is -2.43.